The lowest BCUT2D eigenvalue weighted by molar-refractivity contribution is -0.147. The van der Waals surface area contributed by atoms with Gasteiger partial charge in [0.2, 0.25) is 17.7 Å². The van der Waals surface area contributed by atoms with Crippen molar-refractivity contribution < 1.29 is 44.1 Å². The minimum atomic E-state index is -1.81. The molecule has 4 unspecified atom stereocenters. The van der Waals surface area contributed by atoms with Crippen molar-refractivity contribution in [3.8, 4) is 0 Å². The third-order valence-corrected chi connectivity index (χ3v) is 6.03. The van der Waals surface area contributed by atoms with Gasteiger partial charge in [-0.2, -0.15) is 0 Å². The number of amides is 3. The molecule has 2 rings (SSSR count). The number of nitrogens with two attached hydrogens (primary N) is 1. The zero-order valence-corrected chi connectivity index (χ0v) is 21.5. The summed E-state index contributed by atoms with van der Waals surface area (Å²) in [5, 5.41) is 35.0. The largest absolute Gasteiger partial charge is 0.481 e. The molecule has 0 bridgehead atoms. The Morgan fingerprint density at radius 1 is 0.846 bits per heavy atom. The van der Waals surface area contributed by atoms with E-state index in [-0.39, 0.29) is 12.3 Å². The van der Waals surface area contributed by atoms with Gasteiger partial charge in [-0.1, -0.05) is 32.0 Å². The van der Waals surface area contributed by atoms with Gasteiger partial charge in [-0.05, 0) is 24.0 Å². The van der Waals surface area contributed by atoms with E-state index in [4.69, 9.17) is 15.9 Å². The molecule has 1 aromatic heterocycles. The maximum atomic E-state index is 13.4. The average Bonchev–Trinajstić information content (AvgIpc) is 3.27. The fraction of sp³-hybridized carbons (Fsp3) is 0.440. The number of carboxylic acids is 3. The molecule has 0 saturated heterocycles. The maximum absolute atomic E-state index is 13.4. The van der Waals surface area contributed by atoms with E-state index in [1.165, 1.54) is 0 Å². The molecule has 0 aliphatic heterocycles. The molecule has 212 valence electrons. The molecule has 14 nitrogen and oxygen atoms in total. The third kappa shape index (κ3) is 9.10. The number of H-pyrrole nitrogens is 1. The molecule has 14 heteroatoms. The van der Waals surface area contributed by atoms with Gasteiger partial charge in [0.05, 0.1) is 12.5 Å². The van der Waals surface area contributed by atoms with Crippen molar-refractivity contribution >= 4 is 46.5 Å². The van der Waals surface area contributed by atoms with E-state index >= 15 is 0 Å². The van der Waals surface area contributed by atoms with Crippen LogP contribution in [0.15, 0.2) is 30.5 Å². The number of benzene rings is 1. The number of aliphatic carboxylic acids is 3. The van der Waals surface area contributed by atoms with Crippen LogP contribution in [0.5, 0.6) is 0 Å². The predicted molar refractivity (Wildman–Crippen MR) is 137 cm³/mol. The lowest BCUT2D eigenvalue weighted by atomic mass is 10.0. The average molecular weight is 548 g/mol. The topological polar surface area (TPSA) is 241 Å². The zero-order chi connectivity index (χ0) is 29.3. The summed E-state index contributed by atoms with van der Waals surface area (Å²) in [5.74, 6) is -7.21. The lowest BCUT2D eigenvalue weighted by Gasteiger charge is -2.25. The molecule has 3 amide bonds. The van der Waals surface area contributed by atoms with E-state index in [9.17, 15) is 33.9 Å². The highest BCUT2D eigenvalue weighted by Crippen LogP contribution is 2.19. The van der Waals surface area contributed by atoms with Crippen LogP contribution < -0.4 is 21.7 Å². The van der Waals surface area contributed by atoms with Gasteiger partial charge in [0.1, 0.15) is 18.1 Å². The van der Waals surface area contributed by atoms with E-state index in [1.54, 1.807) is 26.1 Å². The van der Waals surface area contributed by atoms with Crippen molar-refractivity contribution in [1.82, 2.24) is 20.9 Å². The molecule has 0 spiro atoms. The molecule has 0 saturated carbocycles. The molecule has 0 radical (unpaired) electrons. The van der Waals surface area contributed by atoms with Gasteiger partial charge in [0, 0.05) is 29.9 Å². The summed E-state index contributed by atoms with van der Waals surface area (Å²) < 4.78 is 0. The molecule has 0 fully saturated rings. The van der Waals surface area contributed by atoms with Crippen LogP contribution in [0.1, 0.15) is 38.7 Å². The van der Waals surface area contributed by atoms with E-state index < -0.39 is 79.1 Å². The molecule has 2 aromatic rings. The second kappa shape index (κ2) is 13.9. The standard InChI is InChI=1S/C25H33N5O9/c1-12(2)21(26)24(37)29-17(9-13-11-27-15-6-4-3-5-14(13)15)23(36)28-16(7-8-19(31)32)22(35)30-18(25(38)39)10-20(33)34/h3-6,11-12,16-18,21,27H,7-10,26H2,1-2H3,(H,28,36)(H,29,37)(H,30,35)(H,31,32)(H,33,34)(H,38,39). The second-order valence-electron chi connectivity index (χ2n) is 9.39. The number of aromatic nitrogens is 1. The number of carbonyl (C=O) groups is 6. The first-order chi connectivity index (χ1) is 18.3. The highest BCUT2D eigenvalue weighted by atomic mass is 16.4. The van der Waals surface area contributed by atoms with Crippen LogP contribution in [0.2, 0.25) is 0 Å². The second-order valence-corrected chi connectivity index (χ2v) is 9.39. The van der Waals surface area contributed by atoms with Crippen LogP contribution in [0.4, 0.5) is 0 Å². The first-order valence-corrected chi connectivity index (χ1v) is 12.2. The normalized spacial score (nSPS) is 14.2. The molecular weight excluding hydrogens is 514 g/mol. The number of fused-ring (bicyclic) bond motifs is 1. The predicted octanol–water partition coefficient (Wildman–Crippen LogP) is -0.428. The SMILES string of the molecule is CC(C)C(N)C(=O)NC(Cc1c[nH]c2ccccc12)C(=O)NC(CCC(=O)O)C(=O)NC(CC(=O)O)C(=O)O. The Bertz CT molecular complexity index is 1230. The van der Waals surface area contributed by atoms with Crippen LogP contribution in [0.25, 0.3) is 10.9 Å². The molecular formula is C25H33N5O9. The summed E-state index contributed by atoms with van der Waals surface area (Å²) in [7, 11) is 0. The fourth-order valence-corrected chi connectivity index (χ4v) is 3.76. The van der Waals surface area contributed by atoms with E-state index in [1.807, 2.05) is 23.5 Å². The number of para-hydroxylation sites is 1. The number of hydrogen-bond acceptors (Lipinski definition) is 7. The fourth-order valence-electron chi connectivity index (χ4n) is 3.76. The minimum absolute atomic E-state index is 0.0174. The van der Waals surface area contributed by atoms with Gasteiger partial charge in [0.25, 0.3) is 0 Å². The summed E-state index contributed by atoms with van der Waals surface area (Å²) in [5.41, 5.74) is 7.40. The number of nitrogens with one attached hydrogen (secondary N) is 4. The third-order valence-electron chi connectivity index (χ3n) is 6.03. The molecule has 1 heterocycles. The summed E-state index contributed by atoms with van der Waals surface area (Å²) in [6, 6.07) is 1.72. The minimum Gasteiger partial charge on any atom is -0.481 e. The molecule has 0 aliphatic rings. The zero-order valence-electron chi connectivity index (χ0n) is 21.5. The Labute approximate surface area is 223 Å². The van der Waals surface area contributed by atoms with Crippen molar-refractivity contribution in [3.05, 3.63) is 36.0 Å². The van der Waals surface area contributed by atoms with E-state index in [2.05, 4.69) is 15.6 Å². The Kier molecular flexibility index (Phi) is 11.0. The first-order valence-electron chi connectivity index (χ1n) is 12.2. The molecule has 9 N–H and O–H groups in total. The number of carbonyl (C=O) groups excluding carboxylic acids is 3. The monoisotopic (exact) mass is 547 g/mol. The number of rotatable bonds is 15. The molecule has 4 atom stereocenters. The van der Waals surface area contributed by atoms with Crippen LogP contribution >= 0.6 is 0 Å². The lowest BCUT2D eigenvalue weighted by Crippen LogP contribution is -2.58. The Balaban J connectivity index is 2.33. The summed E-state index contributed by atoms with van der Waals surface area (Å²) in [4.78, 5) is 75.5. The van der Waals surface area contributed by atoms with Gasteiger partial charge in [-0.25, -0.2) is 4.79 Å². The molecule has 39 heavy (non-hydrogen) atoms. The van der Waals surface area contributed by atoms with Gasteiger partial charge in [0.15, 0.2) is 0 Å². The quantitative estimate of drug-likeness (QED) is 0.143. The Hall–Kier alpha value is -4.46. The molecule has 0 aliphatic carbocycles. The van der Waals surface area contributed by atoms with Gasteiger partial charge in [-0.3, -0.25) is 24.0 Å². The Morgan fingerprint density at radius 3 is 2.03 bits per heavy atom. The van der Waals surface area contributed by atoms with Gasteiger partial charge >= 0.3 is 17.9 Å². The van der Waals surface area contributed by atoms with Crippen molar-refractivity contribution in [3.63, 3.8) is 0 Å². The highest BCUT2D eigenvalue weighted by Gasteiger charge is 2.32. The first kappa shape index (κ1) is 30.8. The van der Waals surface area contributed by atoms with E-state index in [0.29, 0.717) is 5.56 Å². The van der Waals surface area contributed by atoms with Gasteiger partial charge < -0.3 is 42.0 Å². The number of hydrogen-bond donors (Lipinski definition) is 8. The number of carboxylic acid groups (broad SMARTS) is 3. The van der Waals surface area contributed by atoms with Crippen LogP contribution in [0.3, 0.4) is 0 Å². The van der Waals surface area contributed by atoms with Crippen molar-refractivity contribution in [2.45, 2.75) is 63.7 Å². The van der Waals surface area contributed by atoms with Crippen molar-refractivity contribution in [1.29, 1.82) is 0 Å². The van der Waals surface area contributed by atoms with Gasteiger partial charge in [-0.15, -0.1) is 0 Å². The Morgan fingerprint density at radius 2 is 1.44 bits per heavy atom. The van der Waals surface area contributed by atoms with Crippen LogP contribution in [0, 0.1) is 5.92 Å². The number of aromatic amines is 1. The van der Waals surface area contributed by atoms with Crippen molar-refractivity contribution in [2.75, 3.05) is 0 Å². The van der Waals surface area contributed by atoms with E-state index in [0.717, 1.165) is 10.9 Å². The highest BCUT2D eigenvalue weighted by molar-refractivity contribution is 5.95. The van der Waals surface area contributed by atoms with Crippen LogP contribution in [-0.4, -0.2) is 80.1 Å². The summed E-state index contributed by atoms with van der Waals surface area (Å²) >= 11 is 0. The smallest absolute Gasteiger partial charge is 0.326 e. The molecule has 1 aromatic carbocycles. The summed E-state index contributed by atoms with van der Waals surface area (Å²) in [6.07, 6.45) is -0.279. The van der Waals surface area contributed by atoms with Crippen molar-refractivity contribution in [2.24, 2.45) is 11.7 Å². The summed E-state index contributed by atoms with van der Waals surface area (Å²) in [6.45, 7) is 3.45. The van der Waals surface area contributed by atoms with Crippen LogP contribution in [-0.2, 0) is 35.2 Å². The maximum Gasteiger partial charge on any atom is 0.326 e.